The van der Waals surface area contributed by atoms with E-state index in [9.17, 15) is 14.7 Å². The number of aliphatic carboxylic acids is 1. The Bertz CT molecular complexity index is 445. The lowest BCUT2D eigenvalue weighted by Crippen LogP contribution is -2.55. The molecule has 1 heterocycles. The zero-order chi connectivity index (χ0) is 13.9. The minimum atomic E-state index is -1.46. The average molecular weight is 250 g/mol. The van der Waals surface area contributed by atoms with Crippen LogP contribution in [0.1, 0.15) is 33.4 Å². The summed E-state index contributed by atoms with van der Waals surface area (Å²) in [6.07, 6.45) is 1.52. The lowest BCUT2D eigenvalue weighted by atomic mass is 9.93. The first kappa shape index (κ1) is 14.2. The van der Waals surface area contributed by atoms with Gasteiger partial charge >= 0.3 is 5.97 Å². The number of pyridine rings is 1. The Kier molecular flexibility index (Phi) is 4.06. The van der Waals surface area contributed by atoms with Crippen molar-refractivity contribution in [3.63, 3.8) is 0 Å². The van der Waals surface area contributed by atoms with E-state index in [4.69, 9.17) is 0 Å². The van der Waals surface area contributed by atoms with Crippen LogP contribution in [0.4, 0.5) is 0 Å². The number of nitrogens with zero attached hydrogens (tertiary/aromatic N) is 2. The van der Waals surface area contributed by atoms with Crippen molar-refractivity contribution in [1.82, 2.24) is 9.88 Å². The molecule has 98 valence electrons. The number of carbonyl (C=O) groups excluding carboxylic acids is 1. The molecule has 5 nitrogen and oxygen atoms in total. The van der Waals surface area contributed by atoms with Gasteiger partial charge in [-0.25, -0.2) is 4.79 Å². The quantitative estimate of drug-likeness (QED) is 0.881. The molecular weight excluding hydrogens is 232 g/mol. The molecule has 0 aliphatic rings. The molecular formula is C13H18N2O3. The monoisotopic (exact) mass is 250 g/mol. The van der Waals surface area contributed by atoms with Crippen molar-refractivity contribution < 1.29 is 14.7 Å². The Morgan fingerprint density at radius 2 is 2.00 bits per heavy atom. The van der Waals surface area contributed by atoms with Gasteiger partial charge in [-0.2, -0.15) is 0 Å². The Morgan fingerprint density at radius 1 is 1.39 bits per heavy atom. The fraction of sp³-hybridized carbons (Fsp3) is 0.462. The van der Waals surface area contributed by atoms with Gasteiger partial charge in [0.25, 0.3) is 0 Å². The molecule has 0 fully saturated rings. The molecule has 1 aromatic heterocycles. The van der Waals surface area contributed by atoms with Crippen LogP contribution in [0.5, 0.6) is 0 Å². The highest BCUT2D eigenvalue weighted by molar-refractivity contribution is 5.86. The summed E-state index contributed by atoms with van der Waals surface area (Å²) < 4.78 is 0. The van der Waals surface area contributed by atoms with Crippen LogP contribution in [0.3, 0.4) is 0 Å². The molecule has 1 atom stereocenters. The molecule has 1 N–H and O–H groups in total. The third-order valence-electron chi connectivity index (χ3n) is 2.92. The van der Waals surface area contributed by atoms with Gasteiger partial charge < -0.3 is 10.0 Å². The van der Waals surface area contributed by atoms with Gasteiger partial charge in [-0.05, 0) is 32.9 Å². The number of rotatable bonds is 4. The molecule has 0 bridgehead atoms. The fourth-order valence-corrected chi connectivity index (χ4v) is 2.18. The third kappa shape index (κ3) is 2.34. The number of carbonyl (C=O) groups is 2. The highest BCUT2D eigenvalue weighted by Crippen LogP contribution is 2.29. The van der Waals surface area contributed by atoms with Crippen LogP contribution in [-0.2, 0) is 15.1 Å². The predicted molar refractivity (Wildman–Crippen MR) is 66.9 cm³/mol. The van der Waals surface area contributed by atoms with Crippen LogP contribution in [0.25, 0.3) is 0 Å². The first-order valence-electron chi connectivity index (χ1n) is 5.76. The Morgan fingerprint density at radius 3 is 2.33 bits per heavy atom. The molecule has 1 aromatic rings. The van der Waals surface area contributed by atoms with E-state index in [0.717, 1.165) is 0 Å². The second-order valence-electron chi connectivity index (χ2n) is 4.58. The molecule has 1 rings (SSSR count). The van der Waals surface area contributed by atoms with Gasteiger partial charge in [0.2, 0.25) is 5.91 Å². The minimum Gasteiger partial charge on any atom is -0.479 e. The molecule has 0 saturated heterocycles. The second kappa shape index (κ2) is 5.16. The predicted octanol–water partition coefficient (Wildman–Crippen LogP) is 1.64. The number of amides is 1. The van der Waals surface area contributed by atoms with Crippen molar-refractivity contribution in [2.24, 2.45) is 0 Å². The summed E-state index contributed by atoms with van der Waals surface area (Å²) in [6, 6.07) is 4.80. The molecule has 1 unspecified atom stereocenters. The average Bonchev–Trinajstić information content (AvgIpc) is 2.28. The van der Waals surface area contributed by atoms with Gasteiger partial charge in [0.15, 0.2) is 5.54 Å². The number of carboxylic acid groups (broad SMARTS) is 1. The maximum atomic E-state index is 11.7. The first-order chi connectivity index (χ1) is 8.31. The van der Waals surface area contributed by atoms with E-state index < -0.39 is 11.5 Å². The number of hydrogen-bond donors (Lipinski definition) is 1. The molecule has 0 saturated carbocycles. The highest BCUT2D eigenvalue weighted by atomic mass is 16.4. The van der Waals surface area contributed by atoms with Crippen LogP contribution in [0.15, 0.2) is 24.4 Å². The maximum absolute atomic E-state index is 11.7. The summed E-state index contributed by atoms with van der Waals surface area (Å²) in [5.41, 5.74) is -1.11. The summed E-state index contributed by atoms with van der Waals surface area (Å²) in [7, 11) is 0. The molecule has 5 heteroatoms. The van der Waals surface area contributed by atoms with E-state index >= 15 is 0 Å². The van der Waals surface area contributed by atoms with Crippen molar-refractivity contribution >= 4 is 11.9 Å². The van der Waals surface area contributed by atoms with Crippen molar-refractivity contribution in [2.75, 3.05) is 0 Å². The van der Waals surface area contributed by atoms with Gasteiger partial charge in [0, 0.05) is 19.2 Å². The summed E-state index contributed by atoms with van der Waals surface area (Å²) >= 11 is 0. The Hall–Kier alpha value is -1.91. The van der Waals surface area contributed by atoms with Crippen LogP contribution in [-0.4, -0.2) is 32.9 Å². The molecule has 0 aliphatic heterocycles. The van der Waals surface area contributed by atoms with Crippen LogP contribution >= 0.6 is 0 Å². The zero-order valence-electron chi connectivity index (χ0n) is 11.0. The van der Waals surface area contributed by atoms with E-state index in [0.29, 0.717) is 5.69 Å². The summed E-state index contributed by atoms with van der Waals surface area (Å²) in [4.78, 5) is 28.8. The van der Waals surface area contributed by atoms with Crippen molar-refractivity contribution in [3.05, 3.63) is 30.1 Å². The van der Waals surface area contributed by atoms with E-state index in [2.05, 4.69) is 4.98 Å². The Balaban J connectivity index is 3.40. The molecule has 0 aromatic carbocycles. The molecule has 18 heavy (non-hydrogen) atoms. The van der Waals surface area contributed by atoms with Gasteiger partial charge in [-0.15, -0.1) is 0 Å². The number of hydrogen-bond acceptors (Lipinski definition) is 3. The van der Waals surface area contributed by atoms with E-state index in [-0.39, 0.29) is 11.9 Å². The van der Waals surface area contributed by atoms with Crippen molar-refractivity contribution in [3.8, 4) is 0 Å². The van der Waals surface area contributed by atoms with Crippen molar-refractivity contribution in [2.45, 2.75) is 39.3 Å². The molecule has 0 spiro atoms. The summed E-state index contributed by atoms with van der Waals surface area (Å²) in [6.45, 7) is 6.43. The Labute approximate surface area is 106 Å². The number of aromatic nitrogens is 1. The highest BCUT2D eigenvalue weighted by Gasteiger charge is 2.45. The SMILES string of the molecule is CC(=O)N(C(C)C)C(C)(C(=O)O)c1ccccn1. The number of carboxylic acids is 1. The van der Waals surface area contributed by atoms with Gasteiger partial charge in [0.1, 0.15) is 0 Å². The zero-order valence-corrected chi connectivity index (χ0v) is 11.0. The standard InChI is InChI=1S/C13H18N2O3/c1-9(2)15(10(3)16)13(4,12(17)18)11-7-5-6-8-14-11/h5-9H,1-4H3,(H,17,18). The van der Waals surface area contributed by atoms with E-state index in [1.54, 1.807) is 32.0 Å². The lowest BCUT2D eigenvalue weighted by molar-refractivity contribution is -0.160. The summed E-state index contributed by atoms with van der Waals surface area (Å²) in [5, 5.41) is 9.52. The largest absolute Gasteiger partial charge is 0.479 e. The smallest absolute Gasteiger partial charge is 0.335 e. The second-order valence-corrected chi connectivity index (χ2v) is 4.58. The van der Waals surface area contributed by atoms with Crippen LogP contribution in [0, 0.1) is 0 Å². The van der Waals surface area contributed by atoms with Gasteiger partial charge in [-0.1, -0.05) is 6.07 Å². The molecule has 1 amide bonds. The topological polar surface area (TPSA) is 70.5 Å². The van der Waals surface area contributed by atoms with Crippen molar-refractivity contribution in [1.29, 1.82) is 0 Å². The molecule has 0 radical (unpaired) electrons. The van der Waals surface area contributed by atoms with E-state index in [1.165, 1.54) is 24.9 Å². The lowest BCUT2D eigenvalue weighted by Gasteiger charge is -2.39. The third-order valence-corrected chi connectivity index (χ3v) is 2.92. The van der Waals surface area contributed by atoms with Crippen LogP contribution < -0.4 is 0 Å². The fourth-order valence-electron chi connectivity index (χ4n) is 2.18. The van der Waals surface area contributed by atoms with E-state index in [1.807, 2.05) is 0 Å². The van der Waals surface area contributed by atoms with Gasteiger partial charge in [0.05, 0.1) is 5.69 Å². The van der Waals surface area contributed by atoms with Crippen LogP contribution in [0.2, 0.25) is 0 Å². The minimum absolute atomic E-state index is 0.231. The maximum Gasteiger partial charge on any atom is 0.335 e. The normalized spacial score (nSPS) is 14.1. The van der Waals surface area contributed by atoms with Gasteiger partial charge in [-0.3, -0.25) is 9.78 Å². The molecule has 0 aliphatic carbocycles. The first-order valence-corrected chi connectivity index (χ1v) is 5.76. The summed E-state index contributed by atoms with van der Waals surface area (Å²) in [5.74, 6) is -1.38.